The van der Waals surface area contributed by atoms with Crippen LogP contribution in [-0.4, -0.2) is 24.0 Å². The molecule has 0 spiro atoms. The minimum absolute atomic E-state index is 0.238. The SMILES string of the molecule is C=COCCCNC(=O)c1coc(C(C)N)n1. The van der Waals surface area contributed by atoms with E-state index >= 15 is 0 Å². The Morgan fingerprint density at radius 2 is 2.59 bits per heavy atom. The second kappa shape index (κ2) is 6.70. The van der Waals surface area contributed by atoms with Crippen molar-refractivity contribution in [2.75, 3.05) is 13.2 Å². The predicted octanol–water partition coefficient (Wildman–Crippen LogP) is 0.974. The minimum atomic E-state index is -0.322. The molecule has 0 fully saturated rings. The summed E-state index contributed by atoms with van der Waals surface area (Å²) in [6.07, 6.45) is 3.37. The lowest BCUT2D eigenvalue weighted by Crippen LogP contribution is -2.25. The standard InChI is InChI=1S/C11H17N3O3/c1-3-16-6-4-5-13-10(15)9-7-17-11(14-9)8(2)12/h3,7-8H,1,4-6,12H2,2H3,(H,13,15). The zero-order valence-electron chi connectivity index (χ0n) is 9.81. The number of carbonyl (C=O) groups is 1. The van der Waals surface area contributed by atoms with E-state index in [-0.39, 0.29) is 17.6 Å². The number of nitrogens with zero attached hydrogens (tertiary/aromatic N) is 1. The van der Waals surface area contributed by atoms with Gasteiger partial charge in [-0.1, -0.05) is 6.58 Å². The predicted molar refractivity (Wildman–Crippen MR) is 62.2 cm³/mol. The molecule has 1 aromatic heterocycles. The van der Waals surface area contributed by atoms with Crippen LogP contribution in [0, 0.1) is 0 Å². The van der Waals surface area contributed by atoms with E-state index < -0.39 is 0 Å². The van der Waals surface area contributed by atoms with Gasteiger partial charge < -0.3 is 20.2 Å². The van der Waals surface area contributed by atoms with Gasteiger partial charge >= 0.3 is 0 Å². The van der Waals surface area contributed by atoms with Gasteiger partial charge in [0.15, 0.2) is 5.69 Å². The number of amides is 1. The number of carbonyl (C=O) groups excluding carboxylic acids is 1. The zero-order chi connectivity index (χ0) is 12.7. The third-order valence-electron chi connectivity index (χ3n) is 1.99. The second-order valence-corrected chi connectivity index (χ2v) is 3.51. The van der Waals surface area contributed by atoms with Gasteiger partial charge in [-0.3, -0.25) is 4.79 Å². The summed E-state index contributed by atoms with van der Waals surface area (Å²) >= 11 is 0. The maximum Gasteiger partial charge on any atom is 0.273 e. The molecule has 0 aromatic carbocycles. The minimum Gasteiger partial charge on any atom is -0.502 e. The van der Waals surface area contributed by atoms with E-state index in [4.69, 9.17) is 14.9 Å². The Labute approximate surface area is 99.8 Å². The maximum absolute atomic E-state index is 11.6. The molecule has 1 rings (SSSR count). The molecule has 1 unspecified atom stereocenters. The third kappa shape index (κ3) is 4.28. The summed E-state index contributed by atoms with van der Waals surface area (Å²) in [5, 5.41) is 2.69. The molecule has 0 radical (unpaired) electrons. The number of nitrogens with one attached hydrogen (secondary N) is 1. The highest BCUT2D eigenvalue weighted by atomic mass is 16.5. The van der Waals surface area contributed by atoms with Crippen molar-refractivity contribution in [3.05, 3.63) is 30.7 Å². The first-order chi connectivity index (χ1) is 8.15. The number of hydrogen-bond acceptors (Lipinski definition) is 5. The Morgan fingerprint density at radius 1 is 1.82 bits per heavy atom. The summed E-state index contributed by atoms with van der Waals surface area (Å²) < 4.78 is 9.98. The van der Waals surface area contributed by atoms with Crippen molar-refractivity contribution in [1.82, 2.24) is 10.3 Å². The first-order valence-electron chi connectivity index (χ1n) is 5.37. The quantitative estimate of drug-likeness (QED) is 0.546. The summed E-state index contributed by atoms with van der Waals surface area (Å²) in [6, 6.07) is -0.322. The van der Waals surface area contributed by atoms with Gasteiger partial charge in [0.1, 0.15) is 6.26 Å². The molecule has 0 saturated heterocycles. The van der Waals surface area contributed by atoms with Gasteiger partial charge in [-0.25, -0.2) is 4.98 Å². The molecular formula is C11H17N3O3. The van der Waals surface area contributed by atoms with Gasteiger partial charge in [0.25, 0.3) is 5.91 Å². The Bertz CT molecular complexity index is 374. The number of aromatic nitrogens is 1. The van der Waals surface area contributed by atoms with Gasteiger partial charge in [0.2, 0.25) is 5.89 Å². The van der Waals surface area contributed by atoms with Crippen molar-refractivity contribution in [2.45, 2.75) is 19.4 Å². The molecule has 0 aliphatic heterocycles. The Hall–Kier alpha value is -1.82. The first kappa shape index (κ1) is 13.2. The number of nitrogens with two attached hydrogens (primary N) is 1. The van der Waals surface area contributed by atoms with Crippen molar-refractivity contribution in [2.24, 2.45) is 5.73 Å². The summed E-state index contributed by atoms with van der Waals surface area (Å²) in [5.74, 6) is 0.0735. The molecule has 0 bridgehead atoms. The summed E-state index contributed by atoms with van der Waals surface area (Å²) in [6.45, 7) is 6.18. The average Bonchev–Trinajstić information content (AvgIpc) is 2.78. The molecule has 0 aliphatic rings. The van der Waals surface area contributed by atoms with Gasteiger partial charge in [-0.2, -0.15) is 0 Å². The van der Waals surface area contributed by atoms with Crippen molar-refractivity contribution >= 4 is 5.91 Å². The van der Waals surface area contributed by atoms with E-state index in [9.17, 15) is 4.79 Å². The molecule has 6 heteroatoms. The fourth-order valence-corrected chi connectivity index (χ4v) is 1.13. The van der Waals surface area contributed by atoms with E-state index in [1.807, 2.05) is 0 Å². The number of ether oxygens (including phenoxy) is 1. The van der Waals surface area contributed by atoms with Crippen LogP contribution in [0.4, 0.5) is 0 Å². The van der Waals surface area contributed by atoms with Crippen LogP contribution in [0.3, 0.4) is 0 Å². The van der Waals surface area contributed by atoms with Crippen LogP contribution in [0.25, 0.3) is 0 Å². The Morgan fingerprint density at radius 3 is 3.18 bits per heavy atom. The number of rotatable bonds is 7. The van der Waals surface area contributed by atoms with E-state index in [2.05, 4.69) is 16.9 Å². The van der Waals surface area contributed by atoms with Crippen LogP contribution >= 0.6 is 0 Å². The van der Waals surface area contributed by atoms with E-state index in [1.165, 1.54) is 12.5 Å². The molecule has 3 N–H and O–H groups in total. The smallest absolute Gasteiger partial charge is 0.273 e. The lowest BCUT2D eigenvalue weighted by atomic mass is 10.3. The molecule has 94 valence electrons. The molecule has 1 amide bonds. The normalized spacial score (nSPS) is 11.9. The lowest BCUT2D eigenvalue weighted by molar-refractivity contribution is 0.0945. The Balaban J connectivity index is 2.33. The topological polar surface area (TPSA) is 90.4 Å². The fourth-order valence-electron chi connectivity index (χ4n) is 1.13. The number of hydrogen-bond donors (Lipinski definition) is 2. The van der Waals surface area contributed by atoms with Gasteiger partial charge in [0, 0.05) is 6.54 Å². The molecule has 0 aliphatic carbocycles. The van der Waals surface area contributed by atoms with Crippen molar-refractivity contribution in [1.29, 1.82) is 0 Å². The number of oxazole rings is 1. The fraction of sp³-hybridized carbons (Fsp3) is 0.455. The van der Waals surface area contributed by atoms with Gasteiger partial charge in [-0.15, -0.1) is 0 Å². The largest absolute Gasteiger partial charge is 0.502 e. The third-order valence-corrected chi connectivity index (χ3v) is 1.99. The van der Waals surface area contributed by atoms with Gasteiger partial charge in [-0.05, 0) is 13.3 Å². The highest BCUT2D eigenvalue weighted by Gasteiger charge is 2.13. The Kier molecular flexibility index (Phi) is 5.22. The van der Waals surface area contributed by atoms with E-state index in [0.717, 1.165) is 0 Å². The lowest BCUT2D eigenvalue weighted by Gasteiger charge is -2.02. The van der Waals surface area contributed by atoms with Crippen LogP contribution < -0.4 is 11.1 Å². The molecule has 1 heterocycles. The second-order valence-electron chi connectivity index (χ2n) is 3.51. The maximum atomic E-state index is 11.6. The van der Waals surface area contributed by atoms with Crippen LogP contribution in [0.1, 0.15) is 35.8 Å². The summed E-state index contributed by atoms with van der Waals surface area (Å²) in [7, 11) is 0. The highest BCUT2D eigenvalue weighted by Crippen LogP contribution is 2.08. The summed E-state index contributed by atoms with van der Waals surface area (Å²) in [5.41, 5.74) is 5.81. The molecule has 1 atom stereocenters. The average molecular weight is 239 g/mol. The summed E-state index contributed by atoms with van der Waals surface area (Å²) in [4.78, 5) is 15.6. The monoisotopic (exact) mass is 239 g/mol. The molecule has 0 saturated carbocycles. The van der Waals surface area contributed by atoms with Gasteiger partial charge in [0.05, 0.1) is 18.9 Å². The van der Waals surface area contributed by atoms with Crippen molar-refractivity contribution < 1.29 is 13.9 Å². The van der Waals surface area contributed by atoms with E-state index in [0.29, 0.717) is 25.5 Å². The van der Waals surface area contributed by atoms with E-state index in [1.54, 1.807) is 6.92 Å². The molecular weight excluding hydrogens is 222 g/mol. The zero-order valence-corrected chi connectivity index (χ0v) is 9.81. The molecule has 17 heavy (non-hydrogen) atoms. The first-order valence-corrected chi connectivity index (χ1v) is 5.37. The van der Waals surface area contributed by atoms with Crippen molar-refractivity contribution in [3.8, 4) is 0 Å². The van der Waals surface area contributed by atoms with Crippen LogP contribution in [0.15, 0.2) is 23.5 Å². The van der Waals surface area contributed by atoms with Crippen LogP contribution in [-0.2, 0) is 4.74 Å². The highest BCUT2D eigenvalue weighted by molar-refractivity contribution is 5.91. The molecule has 6 nitrogen and oxygen atoms in total. The van der Waals surface area contributed by atoms with Crippen LogP contribution in [0.2, 0.25) is 0 Å². The van der Waals surface area contributed by atoms with Crippen molar-refractivity contribution in [3.63, 3.8) is 0 Å². The molecule has 1 aromatic rings. The van der Waals surface area contributed by atoms with Crippen LogP contribution in [0.5, 0.6) is 0 Å².